The topological polar surface area (TPSA) is 17.8 Å². The fourth-order valence-electron chi connectivity index (χ4n) is 4.81. The Morgan fingerprint density at radius 1 is 0.611 bits per heavy atom. The summed E-state index contributed by atoms with van der Waals surface area (Å²) in [6, 6.07) is 6.17. The van der Waals surface area contributed by atoms with Crippen molar-refractivity contribution in [2.75, 3.05) is 0 Å². The first kappa shape index (κ1) is 11.4. The largest absolute Gasteiger partial charge is 0.297 e. The van der Waals surface area contributed by atoms with Gasteiger partial charge in [-0.1, -0.05) is 103 Å². The maximum atomic E-state index is 9.14. The second kappa shape index (κ2) is 8.21. The van der Waals surface area contributed by atoms with Crippen molar-refractivity contribution in [2.24, 2.45) is 0 Å². The van der Waals surface area contributed by atoms with Crippen LogP contribution < -0.4 is 0 Å². The zero-order chi connectivity index (χ0) is 35.4. The lowest BCUT2D eigenvalue weighted by atomic mass is 9.86. The summed E-state index contributed by atoms with van der Waals surface area (Å²) in [7, 11) is 0. The van der Waals surface area contributed by atoms with Crippen LogP contribution in [0, 0.1) is 6.92 Å². The molecule has 7 rings (SSSR count). The summed E-state index contributed by atoms with van der Waals surface area (Å²) in [4.78, 5) is 4.65. The Bertz CT molecular complexity index is 2500. The lowest BCUT2D eigenvalue weighted by Gasteiger charge is -2.18. The van der Waals surface area contributed by atoms with Crippen LogP contribution in [0.4, 0.5) is 0 Å². The van der Waals surface area contributed by atoms with E-state index < -0.39 is 84.1 Å². The number of fused-ring (bicyclic) bond motifs is 3. The zero-order valence-electron chi connectivity index (χ0n) is 32.0. The molecule has 7 aromatic rings. The molecule has 1 heterocycles. The minimum absolute atomic E-state index is 0.0732. The van der Waals surface area contributed by atoms with Crippen molar-refractivity contribution < 1.29 is 17.8 Å². The Balaban J connectivity index is 1.78. The van der Waals surface area contributed by atoms with E-state index in [1.807, 2.05) is 41.8 Å². The standard InChI is InChI=1S/C34H24N2/c1-23-35-31-20-9-10-21-32(31)36(23)26-15-11-14-25(22-26)34-29-18-7-5-16-27(29)33(24-12-3-2-4-13-24)28-17-6-8-19-30(28)34/h2-22H,1H3/i2D,3D,4D,5D,6D,7D,8D,12D,13D,16D,17D,18D,19D. The van der Waals surface area contributed by atoms with Gasteiger partial charge in [0.05, 0.1) is 28.9 Å². The quantitative estimate of drug-likeness (QED) is 0.234. The summed E-state index contributed by atoms with van der Waals surface area (Å²) >= 11 is 0. The maximum absolute atomic E-state index is 9.14. The van der Waals surface area contributed by atoms with Gasteiger partial charge < -0.3 is 0 Å². The normalized spacial score (nSPS) is 16.5. The van der Waals surface area contributed by atoms with Crippen LogP contribution in [0.3, 0.4) is 0 Å². The smallest absolute Gasteiger partial charge is 0.111 e. The molecule has 0 N–H and O–H groups in total. The summed E-state index contributed by atoms with van der Waals surface area (Å²) < 4.78 is 115. The summed E-state index contributed by atoms with van der Waals surface area (Å²) in [6.07, 6.45) is 0. The molecule has 170 valence electrons. The molecule has 0 aliphatic heterocycles. The minimum Gasteiger partial charge on any atom is -0.297 e. The van der Waals surface area contributed by atoms with Gasteiger partial charge in [-0.3, -0.25) is 4.57 Å². The summed E-state index contributed by atoms with van der Waals surface area (Å²) in [6.45, 7) is 1.83. The van der Waals surface area contributed by atoms with Crippen molar-refractivity contribution in [3.63, 3.8) is 0 Å². The van der Waals surface area contributed by atoms with Crippen LogP contribution in [-0.2, 0) is 0 Å². The van der Waals surface area contributed by atoms with E-state index in [0.29, 0.717) is 17.1 Å². The molecule has 0 fully saturated rings. The third-order valence-corrected chi connectivity index (χ3v) is 6.25. The minimum atomic E-state index is -0.710. The lowest BCUT2D eigenvalue weighted by Crippen LogP contribution is -1.97. The van der Waals surface area contributed by atoms with Crippen LogP contribution in [0.25, 0.3) is 60.5 Å². The van der Waals surface area contributed by atoms with Gasteiger partial charge in [-0.25, -0.2) is 4.98 Å². The van der Waals surface area contributed by atoms with Gasteiger partial charge in [-0.05, 0) is 75.0 Å². The molecule has 0 saturated carbocycles. The van der Waals surface area contributed by atoms with Gasteiger partial charge in [-0.2, -0.15) is 0 Å². The molecule has 0 radical (unpaired) electrons. The van der Waals surface area contributed by atoms with Crippen molar-refractivity contribution in [3.05, 3.63) is 133 Å². The molecule has 1 aromatic heterocycles. The van der Waals surface area contributed by atoms with Gasteiger partial charge in [0.2, 0.25) is 0 Å². The van der Waals surface area contributed by atoms with Crippen LogP contribution in [0.1, 0.15) is 23.6 Å². The number of benzene rings is 6. The van der Waals surface area contributed by atoms with E-state index in [0.717, 1.165) is 11.0 Å². The molecule has 0 atom stereocenters. The second-order valence-electron chi connectivity index (χ2n) is 8.28. The molecule has 0 aliphatic rings. The van der Waals surface area contributed by atoms with Crippen molar-refractivity contribution in [1.29, 1.82) is 0 Å². The second-order valence-corrected chi connectivity index (χ2v) is 8.28. The number of hydrogen-bond acceptors (Lipinski definition) is 1. The van der Waals surface area contributed by atoms with Gasteiger partial charge in [-0.15, -0.1) is 0 Å². The van der Waals surface area contributed by atoms with E-state index in [4.69, 9.17) is 17.8 Å². The summed E-state index contributed by atoms with van der Waals surface area (Å²) in [5, 5.41) is -0.747. The Morgan fingerprint density at radius 3 is 1.86 bits per heavy atom. The first-order valence-electron chi connectivity index (χ1n) is 17.8. The fourth-order valence-corrected chi connectivity index (χ4v) is 4.81. The highest BCUT2D eigenvalue weighted by atomic mass is 15.1. The lowest BCUT2D eigenvalue weighted by molar-refractivity contribution is 1.00. The van der Waals surface area contributed by atoms with Crippen molar-refractivity contribution in [2.45, 2.75) is 6.92 Å². The van der Waals surface area contributed by atoms with Gasteiger partial charge in [0.25, 0.3) is 0 Å². The van der Waals surface area contributed by atoms with E-state index in [1.165, 1.54) is 0 Å². The predicted octanol–water partition coefficient (Wildman–Crippen LogP) is 8.97. The van der Waals surface area contributed by atoms with Gasteiger partial charge in [0.1, 0.15) is 5.82 Å². The average Bonchev–Trinajstić information content (AvgIpc) is 3.44. The molecule has 0 aliphatic carbocycles. The molecule has 0 bridgehead atoms. The molecule has 0 unspecified atom stereocenters. The van der Waals surface area contributed by atoms with Crippen LogP contribution in [-0.4, -0.2) is 9.55 Å². The number of nitrogens with zero attached hydrogens (tertiary/aromatic N) is 2. The molecule has 2 nitrogen and oxygen atoms in total. The summed E-state index contributed by atoms with van der Waals surface area (Å²) in [5.74, 6) is 0.661. The molecular formula is C34H24N2. The number of aromatic nitrogens is 2. The average molecular weight is 474 g/mol. The maximum Gasteiger partial charge on any atom is 0.111 e. The van der Waals surface area contributed by atoms with Crippen molar-refractivity contribution in [1.82, 2.24) is 9.55 Å². The number of rotatable bonds is 3. The highest BCUT2D eigenvalue weighted by Gasteiger charge is 2.17. The van der Waals surface area contributed by atoms with Gasteiger partial charge >= 0.3 is 0 Å². The third-order valence-electron chi connectivity index (χ3n) is 6.25. The Morgan fingerprint density at radius 2 is 1.19 bits per heavy atom. The monoisotopic (exact) mass is 473 g/mol. The number of hydrogen-bond donors (Lipinski definition) is 0. The van der Waals surface area contributed by atoms with Crippen LogP contribution in [0.2, 0.25) is 0 Å². The Labute approximate surface area is 228 Å². The molecule has 2 heteroatoms. The molecule has 0 spiro atoms. The number of para-hydroxylation sites is 2. The SMILES string of the molecule is [2H]c1c([2H])c([2H])c(-c2c3c([2H])c([2H])c([2H])c([2H])c3c(-c3cccc(-n4c(C)nc5ccccc54)c3)c3c([2H])c([2H])c([2H])c([2H])c23)c([2H])c1[2H]. The molecule has 36 heavy (non-hydrogen) atoms. The zero-order valence-corrected chi connectivity index (χ0v) is 19.0. The summed E-state index contributed by atoms with van der Waals surface area (Å²) in [5.41, 5.74) is 1.84. The predicted molar refractivity (Wildman–Crippen MR) is 152 cm³/mol. The third kappa shape index (κ3) is 3.15. The fraction of sp³-hybridized carbons (Fsp3) is 0.0294. The van der Waals surface area contributed by atoms with E-state index in [2.05, 4.69) is 4.98 Å². The van der Waals surface area contributed by atoms with Gasteiger partial charge in [0.15, 0.2) is 0 Å². The van der Waals surface area contributed by atoms with E-state index in [-0.39, 0.29) is 32.7 Å². The van der Waals surface area contributed by atoms with Crippen molar-refractivity contribution >= 4 is 32.6 Å². The first-order chi connectivity index (χ1) is 23.2. The first-order valence-corrected chi connectivity index (χ1v) is 11.3. The number of imidazole rings is 1. The van der Waals surface area contributed by atoms with E-state index in [1.54, 1.807) is 18.2 Å². The van der Waals surface area contributed by atoms with Crippen molar-refractivity contribution in [3.8, 4) is 27.9 Å². The van der Waals surface area contributed by atoms with Crippen LogP contribution in [0.15, 0.2) is 127 Å². The van der Waals surface area contributed by atoms with Crippen LogP contribution >= 0.6 is 0 Å². The highest BCUT2D eigenvalue weighted by molar-refractivity contribution is 6.21. The number of aryl methyl sites for hydroxylation is 1. The molecular weight excluding hydrogens is 436 g/mol. The van der Waals surface area contributed by atoms with Gasteiger partial charge in [0, 0.05) is 5.69 Å². The Kier molecular flexibility index (Phi) is 2.59. The highest BCUT2D eigenvalue weighted by Crippen LogP contribution is 2.43. The molecule has 6 aromatic carbocycles. The van der Waals surface area contributed by atoms with Crippen LogP contribution in [0.5, 0.6) is 0 Å². The van der Waals surface area contributed by atoms with E-state index >= 15 is 0 Å². The molecule has 0 amide bonds. The molecule has 0 saturated heterocycles. The Hall–Kier alpha value is -4.69. The van der Waals surface area contributed by atoms with E-state index in [9.17, 15) is 0 Å².